The average molecular weight is 346 g/mol. The predicted octanol–water partition coefficient (Wildman–Crippen LogP) is 3.17. The topological polar surface area (TPSA) is 39.9 Å². The Labute approximate surface area is 124 Å². The van der Waals surface area contributed by atoms with E-state index in [1.165, 1.54) is 0 Å². The molecule has 4 nitrogen and oxygen atoms in total. The molecule has 0 radical (unpaired) electrons. The van der Waals surface area contributed by atoms with Crippen molar-refractivity contribution < 1.29 is 4.74 Å². The predicted molar refractivity (Wildman–Crippen MR) is 86.1 cm³/mol. The van der Waals surface area contributed by atoms with E-state index < -0.39 is 10.0 Å². The van der Waals surface area contributed by atoms with E-state index in [4.69, 9.17) is 4.74 Å². The highest BCUT2D eigenvalue weighted by Gasteiger charge is 2.08. The van der Waals surface area contributed by atoms with Crippen LogP contribution in [0.3, 0.4) is 0 Å². The van der Waals surface area contributed by atoms with Gasteiger partial charge in [-0.25, -0.2) is 20.0 Å². The van der Waals surface area contributed by atoms with Gasteiger partial charge in [0.2, 0.25) is 0 Å². The number of aromatic nitrogens is 3. The fourth-order valence-electron chi connectivity index (χ4n) is 1.63. The summed E-state index contributed by atoms with van der Waals surface area (Å²) in [5.41, 5.74) is 2.66. The van der Waals surface area contributed by atoms with Gasteiger partial charge in [-0.1, -0.05) is 0 Å². The molecule has 0 unspecified atom stereocenters. The molecule has 2 rings (SSSR count). The molecule has 0 aliphatic heterocycles. The SMILES string of the molecule is Cc1nc2c(ccn2COCCS(C)(C)C)nc1Br. The van der Waals surface area contributed by atoms with E-state index in [1.807, 2.05) is 23.8 Å². The van der Waals surface area contributed by atoms with Crippen LogP contribution in [0.15, 0.2) is 16.9 Å². The first-order valence-corrected chi connectivity index (χ1v) is 9.91. The number of ether oxygens (including phenoxy) is 1. The van der Waals surface area contributed by atoms with Crippen LogP contribution in [0.1, 0.15) is 5.69 Å². The van der Waals surface area contributed by atoms with Crippen molar-refractivity contribution in [1.82, 2.24) is 14.5 Å². The fourth-order valence-corrected chi connectivity index (χ4v) is 2.53. The molecule has 0 aliphatic carbocycles. The normalized spacial score (nSPS) is 13.1. The Balaban J connectivity index is 2.03. The molecule has 0 bridgehead atoms. The second-order valence-electron chi connectivity index (χ2n) is 5.43. The largest absolute Gasteiger partial charge is 0.360 e. The molecular weight excluding hydrogens is 326 g/mol. The van der Waals surface area contributed by atoms with E-state index in [0.717, 1.165) is 33.8 Å². The van der Waals surface area contributed by atoms with Gasteiger partial charge in [-0.05, 0) is 47.7 Å². The first-order valence-electron chi connectivity index (χ1n) is 6.09. The van der Waals surface area contributed by atoms with Crippen molar-refractivity contribution in [2.24, 2.45) is 0 Å². The lowest BCUT2D eigenvalue weighted by Gasteiger charge is -2.24. The average Bonchev–Trinajstić information content (AvgIpc) is 2.67. The lowest BCUT2D eigenvalue weighted by Crippen LogP contribution is -2.10. The van der Waals surface area contributed by atoms with Gasteiger partial charge in [-0.15, -0.1) is 0 Å². The van der Waals surface area contributed by atoms with Gasteiger partial charge in [-0.3, -0.25) is 0 Å². The first-order chi connectivity index (χ1) is 8.87. The van der Waals surface area contributed by atoms with Crippen molar-refractivity contribution in [3.8, 4) is 0 Å². The van der Waals surface area contributed by atoms with Gasteiger partial charge in [0.1, 0.15) is 16.9 Å². The monoisotopic (exact) mass is 345 g/mol. The highest BCUT2D eigenvalue weighted by Crippen LogP contribution is 2.33. The van der Waals surface area contributed by atoms with Gasteiger partial charge >= 0.3 is 0 Å². The number of halogens is 1. The van der Waals surface area contributed by atoms with Gasteiger partial charge in [0, 0.05) is 11.9 Å². The maximum Gasteiger partial charge on any atom is 0.160 e. The van der Waals surface area contributed by atoms with E-state index in [2.05, 4.69) is 44.7 Å². The molecule has 2 aromatic rings. The van der Waals surface area contributed by atoms with E-state index in [-0.39, 0.29) is 0 Å². The lowest BCUT2D eigenvalue weighted by atomic mass is 10.4. The molecule has 6 heteroatoms. The van der Waals surface area contributed by atoms with Crippen molar-refractivity contribution >= 4 is 37.1 Å². The van der Waals surface area contributed by atoms with Crippen LogP contribution < -0.4 is 0 Å². The molecule has 0 amide bonds. The summed E-state index contributed by atoms with van der Waals surface area (Å²) in [6, 6.07) is 1.96. The summed E-state index contributed by atoms with van der Waals surface area (Å²) >= 11 is 3.40. The van der Waals surface area contributed by atoms with Crippen LogP contribution in [0.2, 0.25) is 0 Å². The van der Waals surface area contributed by atoms with Crippen LogP contribution in [-0.4, -0.2) is 45.7 Å². The second kappa shape index (κ2) is 5.81. The maximum atomic E-state index is 5.74. The molecule has 2 heterocycles. The van der Waals surface area contributed by atoms with Crippen molar-refractivity contribution in [2.45, 2.75) is 13.7 Å². The number of fused-ring (bicyclic) bond motifs is 1. The molecule has 0 saturated carbocycles. The van der Waals surface area contributed by atoms with Crippen molar-refractivity contribution in [1.29, 1.82) is 0 Å². The highest BCUT2D eigenvalue weighted by atomic mass is 79.9. The van der Waals surface area contributed by atoms with Crippen molar-refractivity contribution in [3.05, 3.63) is 22.6 Å². The van der Waals surface area contributed by atoms with Gasteiger partial charge in [0.25, 0.3) is 0 Å². The molecule has 0 spiro atoms. The molecule has 19 heavy (non-hydrogen) atoms. The zero-order chi connectivity index (χ0) is 14.0. The number of rotatable bonds is 5. The number of aryl methyl sites for hydroxylation is 1. The molecule has 0 atom stereocenters. The van der Waals surface area contributed by atoms with Gasteiger partial charge in [0.05, 0.1) is 12.3 Å². The summed E-state index contributed by atoms with van der Waals surface area (Å²) < 4.78 is 8.54. The van der Waals surface area contributed by atoms with Gasteiger partial charge in [0.15, 0.2) is 5.65 Å². The second-order valence-corrected chi connectivity index (χ2v) is 10.8. The molecule has 2 aromatic heterocycles. The third-order valence-corrected chi connectivity index (χ3v) is 4.92. The minimum absolute atomic E-state index is 0.488. The summed E-state index contributed by atoms with van der Waals surface area (Å²) in [6.07, 6.45) is 8.87. The Bertz CT molecular complexity index is 577. The number of nitrogens with zero attached hydrogens (tertiary/aromatic N) is 3. The Morgan fingerprint density at radius 1 is 1.32 bits per heavy atom. The third-order valence-electron chi connectivity index (χ3n) is 2.77. The molecule has 0 aliphatic rings. The molecule has 106 valence electrons. The summed E-state index contributed by atoms with van der Waals surface area (Å²) in [5.74, 6) is 1.13. The molecule has 0 N–H and O–H groups in total. The van der Waals surface area contributed by atoms with Gasteiger partial charge < -0.3 is 9.30 Å². The Morgan fingerprint density at radius 2 is 2.05 bits per heavy atom. The fraction of sp³-hybridized carbons (Fsp3) is 0.538. The Hall–Kier alpha value is -0.590. The lowest BCUT2D eigenvalue weighted by molar-refractivity contribution is 0.0923. The Kier molecular flexibility index (Phi) is 4.53. The third kappa shape index (κ3) is 3.94. The standard InChI is InChI=1S/C13H20BrN3OS/c1-10-12(14)16-11-5-6-17(13(11)15-10)9-18-7-8-19(2,3)4/h5-6H,7-9H2,1-4H3. The van der Waals surface area contributed by atoms with Crippen LogP contribution in [0.25, 0.3) is 11.2 Å². The van der Waals surface area contributed by atoms with Crippen LogP contribution in [-0.2, 0) is 11.5 Å². The summed E-state index contributed by atoms with van der Waals surface area (Å²) in [5, 5.41) is 0. The number of hydrogen-bond donors (Lipinski definition) is 0. The van der Waals surface area contributed by atoms with E-state index in [9.17, 15) is 0 Å². The van der Waals surface area contributed by atoms with Crippen molar-refractivity contribution in [2.75, 3.05) is 31.1 Å². The molecule has 0 fully saturated rings. The minimum Gasteiger partial charge on any atom is -0.360 e. The quantitative estimate of drug-likeness (QED) is 0.781. The van der Waals surface area contributed by atoms with Crippen LogP contribution >= 0.6 is 26.0 Å². The molecular formula is C13H20BrN3OS. The van der Waals surface area contributed by atoms with Crippen LogP contribution in [0.5, 0.6) is 0 Å². The zero-order valence-corrected chi connectivity index (χ0v) is 14.2. The molecule has 0 saturated heterocycles. The summed E-state index contributed by atoms with van der Waals surface area (Å²) in [4.78, 5) is 8.99. The van der Waals surface area contributed by atoms with E-state index in [1.54, 1.807) is 0 Å². The molecule has 0 aromatic carbocycles. The van der Waals surface area contributed by atoms with Crippen LogP contribution in [0.4, 0.5) is 0 Å². The Morgan fingerprint density at radius 3 is 2.74 bits per heavy atom. The number of hydrogen-bond acceptors (Lipinski definition) is 3. The summed E-state index contributed by atoms with van der Waals surface area (Å²) in [7, 11) is -0.488. The van der Waals surface area contributed by atoms with E-state index in [0.29, 0.717) is 6.73 Å². The summed E-state index contributed by atoms with van der Waals surface area (Å²) in [6.45, 7) is 3.27. The van der Waals surface area contributed by atoms with Crippen LogP contribution in [0, 0.1) is 6.92 Å². The highest BCUT2D eigenvalue weighted by molar-refractivity contribution is 9.10. The zero-order valence-electron chi connectivity index (χ0n) is 11.8. The minimum atomic E-state index is -0.488. The van der Waals surface area contributed by atoms with E-state index >= 15 is 0 Å². The smallest absolute Gasteiger partial charge is 0.160 e. The van der Waals surface area contributed by atoms with Gasteiger partial charge in [-0.2, -0.15) is 0 Å². The maximum absolute atomic E-state index is 5.74. The van der Waals surface area contributed by atoms with Crippen molar-refractivity contribution in [3.63, 3.8) is 0 Å². The first kappa shape index (κ1) is 14.8.